The van der Waals surface area contributed by atoms with E-state index in [9.17, 15) is 19.2 Å². The molecule has 0 aliphatic rings. The summed E-state index contributed by atoms with van der Waals surface area (Å²) in [6.45, 7) is 0.574. The maximum absolute atomic E-state index is 11.9. The van der Waals surface area contributed by atoms with Crippen molar-refractivity contribution >= 4 is 23.6 Å². The van der Waals surface area contributed by atoms with Crippen molar-refractivity contribution in [2.75, 3.05) is 6.61 Å². The third-order valence-corrected chi connectivity index (χ3v) is 3.00. The summed E-state index contributed by atoms with van der Waals surface area (Å²) in [4.78, 5) is 45.2. The first kappa shape index (κ1) is 18.3. The zero-order chi connectivity index (χ0) is 17.2. The predicted octanol–water partition coefficient (Wildman–Crippen LogP) is 0.711. The summed E-state index contributed by atoms with van der Waals surface area (Å²) < 4.78 is 4.54. The molecule has 124 valence electrons. The highest BCUT2D eigenvalue weighted by Crippen LogP contribution is 2.03. The molecule has 0 saturated carbocycles. The summed E-state index contributed by atoms with van der Waals surface area (Å²) in [7, 11) is 0. The smallest absolute Gasteiger partial charge is 0.305 e. The van der Waals surface area contributed by atoms with Gasteiger partial charge in [0.25, 0.3) is 0 Å². The Hall–Kier alpha value is -2.70. The summed E-state index contributed by atoms with van der Waals surface area (Å²) in [6.07, 6.45) is 0.0444. The second-order valence-electron chi connectivity index (χ2n) is 4.95. The highest BCUT2D eigenvalue weighted by molar-refractivity contribution is 5.93. The van der Waals surface area contributed by atoms with Crippen molar-refractivity contribution in [3.05, 3.63) is 35.9 Å². The Bertz CT molecular complexity index is 569. The predicted molar refractivity (Wildman–Crippen MR) is 80.6 cm³/mol. The minimum Gasteiger partial charge on any atom is -0.481 e. The molecule has 7 heteroatoms. The van der Waals surface area contributed by atoms with Crippen molar-refractivity contribution < 1.29 is 29.0 Å². The lowest BCUT2D eigenvalue weighted by atomic mass is 10.1. The van der Waals surface area contributed by atoms with Gasteiger partial charge in [-0.25, -0.2) is 0 Å². The number of amides is 1. The topological polar surface area (TPSA) is 110 Å². The number of hydrogen-bond donors (Lipinski definition) is 2. The van der Waals surface area contributed by atoms with E-state index < -0.39 is 42.7 Å². The molecule has 1 unspecified atom stereocenters. The summed E-state index contributed by atoms with van der Waals surface area (Å²) in [5, 5.41) is 11.2. The van der Waals surface area contributed by atoms with Crippen LogP contribution in [0.5, 0.6) is 0 Å². The third kappa shape index (κ3) is 7.75. The number of carboxylic acid groups (broad SMARTS) is 1. The van der Waals surface area contributed by atoms with E-state index in [2.05, 4.69) is 10.1 Å². The van der Waals surface area contributed by atoms with Gasteiger partial charge in [0.15, 0.2) is 12.4 Å². The second-order valence-corrected chi connectivity index (χ2v) is 4.95. The number of aryl methyl sites for hydroxylation is 1. The molecule has 0 fully saturated rings. The van der Waals surface area contributed by atoms with E-state index >= 15 is 0 Å². The average Bonchev–Trinajstić information content (AvgIpc) is 2.50. The lowest BCUT2D eigenvalue weighted by molar-refractivity contribution is -0.147. The fourth-order valence-corrected chi connectivity index (χ4v) is 1.86. The summed E-state index contributed by atoms with van der Waals surface area (Å²) in [6, 6.07) is 8.09. The molecule has 1 atom stereocenters. The van der Waals surface area contributed by atoms with Crippen LogP contribution in [0.15, 0.2) is 30.3 Å². The molecule has 1 rings (SSSR count). The number of carbonyl (C=O) groups excluding carboxylic acids is 3. The maximum atomic E-state index is 11.9. The van der Waals surface area contributed by atoms with E-state index in [1.807, 2.05) is 30.3 Å². The standard InChI is InChI=1S/C16H19NO6/c1-11(18)23-10-14(19)13(9-16(21)22)17-15(20)8-7-12-5-3-2-4-6-12/h2-6,13H,7-10H2,1H3,(H,17,20)(H,21,22). The number of ether oxygens (including phenoxy) is 1. The van der Waals surface area contributed by atoms with Gasteiger partial charge in [-0.2, -0.15) is 0 Å². The van der Waals surface area contributed by atoms with Crippen molar-refractivity contribution in [1.29, 1.82) is 0 Å². The van der Waals surface area contributed by atoms with Crippen LogP contribution >= 0.6 is 0 Å². The van der Waals surface area contributed by atoms with Crippen LogP contribution in [0.4, 0.5) is 0 Å². The lowest BCUT2D eigenvalue weighted by Crippen LogP contribution is -2.44. The summed E-state index contributed by atoms with van der Waals surface area (Å²) >= 11 is 0. The summed E-state index contributed by atoms with van der Waals surface area (Å²) in [5.41, 5.74) is 0.962. The molecule has 7 nitrogen and oxygen atoms in total. The van der Waals surface area contributed by atoms with E-state index in [1.165, 1.54) is 0 Å². The van der Waals surface area contributed by atoms with E-state index in [1.54, 1.807) is 0 Å². The highest BCUT2D eigenvalue weighted by atomic mass is 16.5. The molecule has 0 saturated heterocycles. The van der Waals surface area contributed by atoms with Crippen LogP contribution < -0.4 is 5.32 Å². The van der Waals surface area contributed by atoms with E-state index in [4.69, 9.17) is 5.11 Å². The zero-order valence-corrected chi connectivity index (χ0v) is 12.8. The fourth-order valence-electron chi connectivity index (χ4n) is 1.86. The molecule has 1 aromatic carbocycles. The monoisotopic (exact) mass is 321 g/mol. The van der Waals surface area contributed by atoms with Crippen LogP contribution in [-0.2, 0) is 30.3 Å². The number of rotatable bonds is 9. The van der Waals surface area contributed by atoms with Gasteiger partial charge in [0.2, 0.25) is 5.91 Å². The molecule has 1 aromatic rings. The number of Topliss-reactive ketones (excluding diaryl/α,β-unsaturated/α-hetero) is 1. The Balaban J connectivity index is 2.54. The molecule has 0 spiro atoms. The molecular weight excluding hydrogens is 302 g/mol. The molecule has 0 heterocycles. The number of ketones is 1. The fraction of sp³-hybridized carbons (Fsp3) is 0.375. The maximum Gasteiger partial charge on any atom is 0.305 e. The van der Waals surface area contributed by atoms with Gasteiger partial charge in [0.05, 0.1) is 6.42 Å². The number of carbonyl (C=O) groups is 4. The molecule has 0 aliphatic carbocycles. The second kappa shape index (κ2) is 9.34. The normalized spacial score (nSPS) is 11.3. The third-order valence-electron chi connectivity index (χ3n) is 3.00. The molecule has 1 amide bonds. The number of aliphatic carboxylic acids is 1. The minimum absolute atomic E-state index is 0.126. The van der Waals surface area contributed by atoms with Crippen molar-refractivity contribution in [2.24, 2.45) is 0 Å². The first-order valence-electron chi connectivity index (χ1n) is 7.09. The molecule has 0 radical (unpaired) electrons. The van der Waals surface area contributed by atoms with Crippen LogP contribution in [-0.4, -0.2) is 41.4 Å². The Morgan fingerprint density at radius 1 is 1.17 bits per heavy atom. The zero-order valence-electron chi connectivity index (χ0n) is 12.8. The van der Waals surface area contributed by atoms with Gasteiger partial charge in [-0.15, -0.1) is 0 Å². The number of benzene rings is 1. The van der Waals surface area contributed by atoms with Gasteiger partial charge in [0, 0.05) is 13.3 Å². The minimum atomic E-state index is -1.23. The number of esters is 1. The number of carboxylic acids is 1. The van der Waals surface area contributed by atoms with Gasteiger partial charge in [-0.3, -0.25) is 19.2 Å². The van der Waals surface area contributed by atoms with Crippen LogP contribution in [0.1, 0.15) is 25.3 Å². The molecule has 23 heavy (non-hydrogen) atoms. The van der Waals surface area contributed by atoms with E-state index in [0.29, 0.717) is 6.42 Å². The molecule has 0 aromatic heterocycles. The highest BCUT2D eigenvalue weighted by Gasteiger charge is 2.24. The van der Waals surface area contributed by atoms with Crippen LogP contribution in [0.25, 0.3) is 0 Å². The van der Waals surface area contributed by atoms with Crippen molar-refractivity contribution in [1.82, 2.24) is 5.32 Å². The SMILES string of the molecule is CC(=O)OCC(=O)C(CC(=O)O)NC(=O)CCc1ccccc1. The van der Waals surface area contributed by atoms with E-state index in [-0.39, 0.29) is 6.42 Å². The van der Waals surface area contributed by atoms with Gasteiger partial charge in [-0.05, 0) is 12.0 Å². The van der Waals surface area contributed by atoms with Gasteiger partial charge in [0.1, 0.15) is 6.04 Å². The largest absolute Gasteiger partial charge is 0.481 e. The Morgan fingerprint density at radius 2 is 1.83 bits per heavy atom. The van der Waals surface area contributed by atoms with Gasteiger partial charge >= 0.3 is 11.9 Å². The van der Waals surface area contributed by atoms with Crippen molar-refractivity contribution in [3.8, 4) is 0 Å². The summed E-state index contributed by atoms with van der Waals surface area (Å²) in [5.74, 6) is -2.97. The Labute approximate surface area is 133 Å². The molecule has 2 N–H and O–H groups in total. The van der Waals surface area contributed by atoms with Crippen molar-refractivity contribution in [2.45, 2.75) is 32.2 Å². The molecule has 0 aliphatic heterocycles. The molecule has 0 bridgehead atoms. The van der Waals surface area contributed by atoms with E-state index in [0.717, 1.165) is 12.5 Å². The average molecular weight is 321 g/mol. The lowest BCUT2D eigenvalue weighted by Gasteiger charge is -2.15. The first-order valence-corrected chi connectivity index (χ1v) is 7.09. The Kier molecular flexibility index (Phi) is 7.45. The first-order chi connectivity index (χ1) is 10.9. The van der Waals surface area contributed by atoms with Crippen LogP contribution in [0.3, 0.4) is 0 Å². The van der Waals surface area contributed by atoms with Gasteiger partial charge in [-0.1, -0.05) is 30.3 Å². The number of hydrogen-bond acceptors (Lipinski definition) is 5. The number of nitrogens with one attached hydrogen (secondary N) is 1. The molecular formula is C16H19NO6. The quantitative estimate of drug-likeness (QED) is 0.648. The van der Waals surface area contributed by atoms with Crippen LogP contribution in [0, 0.1) is 0 Å². The van der Waals surface area contributed by atoms with Gasteiger partial charge < -0.3 is 15.2 Å². The van der Waals surface area contributed by atoms with Crippen LogP contribution in [0.2, 0.25) is 0 Å². The van der Waals surface area contributed by atoms with Crippen molar-refractivity contribution in [3.63, 3.8) is 0 Å². The Morgan fingerprint density at radius 3 is 2.39 bits per heavy atom.